The van der Waals surface area contributed by atoms with Crippen LogP contribution in [0.3, 0.4) is 0 Å². The van der Waals surface area contributed by atoms with Gasteiger partial charge in [0.1, 0.15) is 0 Å². The quantitative estimate of drug-likeness (QED) is 0.577. The van der Waals surface area contributed by atoms with Crippen molar-refractivity contribution in [1.29, 1.82) is 0 Å². The zero-order chi connectivity index (χ0) is 21.2. The molecule has 29 heavy (non-hydrogen) atoms. The van der Waals surface area contributed by atoms with Gasteiger partial charge < -0.3 is 5.32 Å². The van der Waals surface area contributed by atoms with Crippen LogP contribution in [0, 0.1) is 20.8 Å². The molecule has 0 aliphatic carbocycles. The van der Waals surface area contributed by atoms with E-state index >= 15 is 0 Å². The molecule has 3 rings (SSSR count). The first-order chi connectivity index (χ1) is 13.7. The van der Waals surface area contributed by atoms with Crippen molar-refractivity contribution in [3.63, 3.8) is 0 Å². The van der Waals surface area contributed by atoms with Crippen molar-refractivity contribution >= 4 is 38.9 Å². The van der Waals surface area contributed by atoms with Crippen molar-refractivity contribution in [2.45, 2.75) is 25.7 Å². The molecule has 0 saturated carbocycles. The summed E-state index contributed by atoms with van der Waals surface area (Å²) in [6.07, 6.45) is 0. The third-order valence-electron chi connectivity index (χ3n) is 4.55. The van der Waals surface area contributed by atoms with Crippen LogP contribution >= 0.6 is 11.6 Å². The normalized spacial score (nSPS) is 11.2. The molecule has 2 N–H and O–H groups in total. The fraction of sp³-hybridized carbons (Fsp3) is 0.136. The number of hydrogen-bond acceptors (Lipinski definition) is 3. The van der Waals surface area contributed by atoms with Crippen molar-refractivity contribution < 1.29 is 13.2 Å². The molecule has 0 heterocycles. The Morgan fingerprint density at radius 2 is 1.66 bits per heavy atom. The van der Waals surface area contributed by atoms with Gasteiger partial charge >= 0.3 is 0 Å². The van der Waals surface area contributed by atoms with Gasteiger partial charge in [-0.25, -0.2) is 8.42 Å². The van der Waals surface area contributed by atoms with E-state index in [1.165, 1.54) is 12.1 Å². The minimum Gasteiger partial charge on any atom is -0.322 e. The molecule has 150 valence electrons. The van der Waals surface area contributed by atoms with Crippen LogP contribution in [-0.2, 0) is 10.0 Å². The Hall–Kier alpha value is -2.83. The van der Waals surface area contributed by atoms with Crippen molar-refractivity contribution in [3.05, 3.63) is 87.9 Å². The molecule has 5 nitrogen and oxygen atoms in total. The summed E-state index contributed by atoms with van der Waals surface area (Å²) in [5, 5.41) is 3.35. The first-order valence-electron chi connectivity index (χ1n) is 8.94. The van der Waals surface area contributed by atoms with E-state index in [0.717, 1.165) is 11.1 Å². The largest absolute Gasteiger partial charge is 0.322 e. The van der Waals surface area contributed by atoms with Crippen molar-refractivity contribution in [3.8, 4) is 0 Å². The van der Waals surface area contributed by atoms with Gasteiger partial charge in [-0.3, -0.25) is 9.52 Å². The standard InChI is InChI=1S/C22H21ClN2O3S/c1-14-6-4-7-17(12-14)25-29(27,28)18-11-10-15(2)19(13-18)22(26)24-21-9-5-8-20(23)16(21)3/h4-13,25H,1-3H3,(H,24,26). The molecule has 0 aromatic heterocycles. The number of carbonyl (C=O) groups is 1. The molecule has 0 bridgehead atoms. The maximum atomic E-state index is 12.8. The first kappa shape index (κ1) is 20.9. The number of sulfonamides is 1. The summed E-state index contributed by atoms with van der Waals surface area (Å²) < 4.78 is 28.1. The smallest absolute Gasteiger partial charge is 0.261 e. The molecule has 7 heteroatoms. The summed E-state index contributed by atoms with van der Waals surface area (Å²) in [5.41, 5.74) is 3.66. The molecule has 0 spiro atoms. The maximum absolute atomic E-state index is 12.8. The number of amides is 1. The summed E-state index contributed by atoms with van der Waals surface area (Å²) in [6.45, 7) is 5.44. The van der Waals surface area contributed by atoms with Gasteiger partial charge in [0.15, 0.2) is 0 Å². The van der Waals surface area contributed by atoms with E-state index in [1.807, 2.05) is 13.0 Å². The van der Waals surface area contributed by atoms with Crippen LogP contribution in [0.5, 0.6) is 0 Å². The van der Waals surface area contributed by atoms with Gasteiger partial charge in [0.05, 0.1) is 4.90 Å². The second-order valence-corrected chi connectivity index (χ2v) is 8.91. The van der Waals surface area contributed by atoms with E-state index < -0.39 is 15.9 Å². The highest BCUT2D eigenvalue weighted by Crippen LogP contribution is 2.25. The van der Waals surface area contributed by atoms with Crippen molar-refractivity contribution in [1.82, 2.24) is 0 Å². The molecule has 0 fully saturated rings. The van der Waals surface area contributed by atoms with Gasteiger partial charge in [0, 0.05) is 22.0 Å². The highest BCUT2D eigenvalue weighted by molar-refractivity contribution is 7.92. The van der Waals surface area contributed by atoms with Crippen LogP contribution in [0.1, 0.15) is 27.0 Å². The minimum atomic E-state index is -3.84. The average molecular weight is 429 g/mol. The van der Waals surface area contributed by atoms with Gasteiger partial charge in [-0.05, 0) is 73.9 Å². The first-order valence-corrected chi connectivity index (χ1v) is 10.8. The second-order valence-electron chi connectivity index (χ2n) is 6.82. The molecule has 1 amide bonds. The molecule has 3 aromatic carbocycles. The summed E-state index contributed by atoms with van der Waals surface area (Å²) >= 11 is 6.11. The molecule has 3 aromatic rings. The molecule has 0 aliphatic heterocycles. The van der Waals surface area contributed by atoms with Crippen LogP contribution < -0.4 is 10.0 Å². The minimum absolute atomic E-state index is 0.0116. The second kappa shape index (κ2) is 8.27. The molecular formula is C22H21ClN2O3S. The highest BCUT2D eigenvalue weighted by Gasteiger charge is 2.19. The fourth-order valence-corrected chi connectivity index (χ4v) is 4.12. The van der Waals surface area contributed by atoms with E-state index in [0.29, 0.717) is 22.0 Å². The highest BCUT2D eigenvalue weighted by atomic mass is 35.5. The summed E-state index contributed by atoms with van der Waals surface area (Å²) in [6, 6.07) is 16.8. The number of carbonyl (C=O) groups excluding carboxylic acids is 1. The van der Waals surface area contributed by atoms with Crippen LogP contribution in [0.25, 0.3) is 0 Å². The van der Waals surface area contributed by atoms with Gasteiger partial charge in [-0.1, -0.05) is 35.9 Å². The van der Waals surface area contributed by atoms with E-state index in [2.05, 4.69) is 10.0 Å². The number of halogens is 1. The monoisotopic (exact) mass is 428 g/mol. The van der Waals surface area contributed by atoms with E-state index in [-0.39, 0.29) is 10.5 Å². The Morgan fingerprint density at radius 1 is 0.931 bits per heavy atom. The Balaban J connectivity index is 1.91. The third kappa shape index (κ3) is 4.78. The lowest BCUT2D eigenvalue weighted by molar-refractivity contribution is 0.102. The van der Waals surface area contributed by atoms with Gasteiger partial charge in [0.2, 0.25) is 0 Å². The number of nitrogens with one attached hydrogen (secondary N) is 2. The summed E-state index contributed by atoms with van der Waals surface area (Å²) in [5.74, 6) is -0.402. The fourth-order valence-electron chi connectivity index (χ4n) is 2.87. The predicted molar refractivity (Wildman–Crippen MR) is 117 cm³/mol. The van der Waals surface area contributed by atoms with Crippen molar-refractivity contribution in [2.24, 2.45) is 0 Å². The maximum Gasteiger partial charge on any atom is 0.261 e. The Bertz CT molecular complexity index is 1190. The van der Waals surface area contributed by atoms with Crippen molar-refractivity contribution in [2.75, 3.05) is 10.0 Å². The Kier molecular flexibility index (Phi) is 5.96. The van der Waals surface area contributed by atoms with Crippen LogP contribution in [0.4, 0.5) is 11.4 Å². The lowest BCUT2D eigenvalue weighted by Crippen LogP contribution is -2.17. The van der Waals surface area contributed by atoms with Gasteiger partial charge in [0.25, 0.3) is 15.9 Å². The molecule has 0 saturated heterocycles. The Labute approximate surface area is 175 Å². The van der Waals surface area contributed by atoms with E-state index in [9.17, 15) is 13.2 Å². The lowest BCUT2D eigenvalue weighted by atomic mass is 10.1. The van der Waals surface area contributed by atoms with Gasteiger partial charge in [-0.15, -0.1) is 0 Å². The summed E-state index contributed by atoms with van der Waals surface area (Å²) in [4.78, 5) is 12.8. The van der Waals surface area contributed by atoms with E-state index in [1.54, 1.807) is 56.3 Å². The predicted octanol–water partition coefficient (Wildman–Crippen LogP) is 5.32. The van der Waals surface area contributed by atoms with Crippen LogP contribution in [-0.4, -0.2) is 14.3 Å². The molecule has 0 radical (unpaired) electrons. The topological polar surface area (TPSA) is 75.3 Å². The average Bonchev–Trinajstić information content (AvgIpc) is 2.65. The SMILES string of the molecule is Cc1cccc(NS(=O)(=O)c2ccc(C)c(C(=O)Nc3cccc(Cl)c3C)c2)c1. The number of rotatable bonds is 5. The summed E-state index contributed by atoms with van der Waals surface area (Å²) in [7, 11) is -3.84. The number of aryl methyl sites for hydroxylation is 2. The Morgan fingerprint density at radius 3 is 2.38 bits per heavy atom. The lowest BCUT2D eigenvalue weighted by Gasteiger charge is -2.13. The number of benzene rings is 3. The molecule has 0 unspecified atom stereocenters. The van der Waals surface area contributed by atoms with Crippen LogP contribution in [0.15, 0.2) is 65.6 Å². The number of anilines is 2. The molecule has 0 aliphatic rings. The zero-order valence-corrected chi connectivity index (χ0v) is 17.9. The van der Waals surface area contributed by atoms with E-state index in [4.69, 9.17) is 11.6 Å². The zero-order valence-electron chi connectivity index (χ0n) is 16.3. The molecule has 0 atom stereocenters. The van der Waals surface area contributed by atoms with Crippen LogP contribution in [0.2, 0.25) is 5.02 Å². The number of hydrogen-bond donors (Lipinski definition) is 2. The van der Waals surface area contributed by atoms with Gasteiger partial charge in [-0.2, -0.15) is 0 Å². The third-order valence-corrected chi connectivity index (χ3v) is 6.34. The molecular weight excluding hydrogens is 408 g/mol.